The molecule has 1 saturated heterocycles. The summed E-state index contributed by atoms with van der Waals surface area (Å²) in [5.41, 5.74) is -0.602. The van der Waals surface area contributed by atoms with E-state index in [4.69, 9.17) is 4.74 Å². The molecule has 0 aromatic rings. The number of ether oxygens (including phenoxy) is 1. The fourth-order valence-corrected chi connectivity index (χ4v) is 2.47. The molecule has 17 heavy (non-hydrogen) atoms. The van der Waals surface area contributed by atoms with Crippen LogP contribution in [0.2, 0.25) is 0 Å². The van der Waals surface area contributed by atoms with Gasteiger partial charge < -0.3 is 14.7 Å². The molecular formula is C13H25NO3. The standard InChI is InChI=1S/C13H25NO3/c1-4-5-11(2)14(3)10-13(12(15)16)6-8-17-9-7-13/h11H,4-10H2,1-3H3,(H,15,16). The van der Waals surface area contributed by atoms with E-state index in [0.29, 0.717) is 38.6 Å². The Bertz CT molecular complexity index is 249. The first-order valence-corrected chi connectivity index (χ1v) is 6.53. The van der Waals surface area contributed by atoms with Gasteiger partial charge in [0.1, 0.15) is 0 Å². The van der Waals surface area contributed by atoms with E-state index in [1.54, 1.807) is 0 Å². The Morgan fingerprint density at radius 3 is 2.53 bits per heavy atom. The number of aliphatic carboxylic acids is 1. The summed E-state index contributed by atoms with van der Waals surface area (Å²) in [6, 6.07) is 0.444. The molecule has 1 unspecified atom stereocenters. The van der Waals surface area contributed by atoms with Crippen LogP contribution in [0.4, 0.5) is 0 Å². The number of rotatable bonds is 6. The lowest BCUT2D eigenvalue weighted by molar-refractivity contribution is -0.156. The van der Waals surface area contributed by atoms with Crippen LogP contribution in [0.5, 0.6) is 0 Å². The molecule has 1 aliphatic heterocycles. The molecule has 100 valence electrons. The molecule has 0 amide bonds. The van der Waals surface area contributed by atoms with Crippen LogP contribution in [-0.2, 0) is 9.53 Å². The smallest absolute Gasteiger partial charge is 0.311 e. The third-order valence-electron chi connectivity index (χ3n) is 3.91. The van der Waals surface area contributed by atoms with Gasteiger partial charge in [0.05, 0.1) is 5.41 Å². The first-order chi connectivity index (χ1) is 8.02. The van der Waals surface area contributed by atoms with Gasteiger partial charge in [0, 0.05) is 25.8 Å². The summed E-state index contributed by atoms with van der Waals surface area (Å²) in [5, 5.41) is 9.47. The number of carboxylic acid groups (broad SMARTS) is 1. The monoisotopic (exact) mass is 243 g/mol. The molecule has 0 saturated carbocycles. The van der Waals surface area contributed by atoms with Crippen LogP contribution < -0.4 is 0 Å². The van der Waals surface area contributed by atoms with Crippen LogP contribution in [0.1, 0.15) is 39.5 Å². The molecule has 0 aromatic heterocycles. The van der Waals surface area contributed by atoms with E-state index in [1.807, 2.05) is 7.05 Å². The van der Waals surface area contributed by atoms with E-state index in [-0.39, 0.29) is 0 Å². The van der Waals surface area contributed by atoms with Gasteiger partial charge in [-0.3, -0.25) is 4.79 Å². The van der Waals surface area contributed by atoms with Crippen molar-refractivity contribution in [1.82, 2.24) is 4.90 Å². The van der Waals surface area contributed by atoms with Gasteiger partial charge in [-0.15, -0.1) is 0 Å². The molecule has 0 aliphatic carbocycles. The zero-order valence-electron chi connectivity index (χ0n) is 11.2. The summed E-state index contributed by atoms with van der Waals surface area (Å²) in [6.45, 7) is 6.10. The molecule has 1 atom stereocenters. The minimum absolute atomic E-state index is 0.444. The van der Waals surface area contributed by atoms with Gasteiger partial charge in [-0.05, 0) is 33.2 Å². The topological polar surface area (TPSA) is 49.8 Å². The SMILES string of the molecule is CCCC(C)N(C)CC1(C(=O)O)CCOCC1. The van der Waals surface area contributed by atoms with Crippen LogP contribution in [0.3, 0.4) is 0 Å². The second kappa shape index (κ2) is 6.36. The van der Waals surface area contributed by atoms with Gasteiger partial charge in [-0.1, -0.05) is 13.3 Å². The van der Waals surface area contributed by atoms with Crippen LogP contribution in [0.15, 0.2) is 0 Å². The van der Waals surface area contributed by atoms with Crippen molar-refractivity contribution < 1.29 is 14.6 Å². The summed E-state index contributed by atoms with van der Waals surface area (Å²) < 4.78 is 5.28. The van der Waals surface area contributed by atoms with Crippen molar-refractivity contribution in [1.29, 1.82) is 0 Å². The highest BCUT2D eigenvalue weighted by molar-refractivity contribution is 5.75. The molecule has 1 heterocycles. The Morgan fingerprint density at radius 2 is 2.06 bits per heavy atom. The van der Waals surface area contributed by atoms with E-state index >= 15 is 0 Å². The molecule has 0 spiro atoms. The fraction of sp³-hybridized carbons (Fsp3) is 0.923. The third-order valence-corrected chi connectivity index (χ3v) is 3.91. The number of nitrogens with zero attached hydrogens (tertiary/aromatic N) is 1. The van der Waals surface area contributed by atoms with Crippen molar-refractivity contribution in [2.45, 2.75) is 45.6 Å². The zero-order valence-corrected chi connectivity index (χ0v) is 11.2. The van der Waals surface area contributed by atoms with E-state index in [9.17, 15) is 9.90 Å². The van der Waals surface area contributed by atoms with E-state index < -0.39 is 11.4 Å². The summed E-state index contributed by atoms with van der Waals surface area (Å²) in [4.78, 5) is 13.7. The summed E-state index contributed by atoms with van der Waals surface area (Å²) in [6.07, 6.45) is 3.51. The summed E-state index contributed by atoms with van der Waals surface area (Å²) >= 11 is 0. The highest BCUT2D eigenvalue weighted by Gasteiger charge is 2.41. The van der Waals surface area contributed by atoms with Crippen LogP contribution in [-0.4, -0.2) is 48.8 Å². The Labute approximate surface area is 104 Å². The molecular weight excluding hydrogens is 218 g/mol. The molecule has 1 aliphatic rings. The Kier molecular flexibility index (Phi) is 5.40. The van der Waals surface area contributed by atoms with Gasteiger partial charge >= 0.3 is 5.97 Å². The second-order valence-electron chi connectivity index (χ2n) is 5.25. The number of hydrogen-bond donors (Lipinski definition) is 1. The van der Waals surface area contributed by atoms with Gasteiger partial charge in [0.15, 0.2) is 0 Å². The highest BCUT2D eigenvalue weighted by atomic mass is 16.5. The van der Waals surface area contributed by atoms with Crippen molar-refractivity contribution in [2.24, 2.45) is 5.41 Å². The quantitative estimate of drug-likeness (QED) is 0.775. The first-order valence-electron chi connectivity index (χ1n) is 6.53. The lowest BCUT2D eigenvalue weighted by Crippen LogP contribution is -2.47. The normalized spacial score (nSPS) is 21.4. The average molecular weight is 243 g/mol. The maximum absolute atomic E-state index is 11.5. The minimum atomic E-state index is -0.670. The van der Waals surface area contributed by atoms with E-state index in [0.717, 1.165) is 12.8 Å². The number of hydrogen-bond acceptors (Lipinski definition) is 3. The lowest BCUT2D eigenvalue weighted by Gasteiger charge is -2.38. The van der Waals surface area contributed by atoms with Crippen molar-refractivity contribution in [3.05, 3.63) is 0 Å². The molecule has 4 heteroatoms. The van der Waals surface area contributed by atoms with Crippen LogP contribution in [0, 0.1) is 5.41 Å². The molecule has 4 nitrogen and oxygen atoms in total. The maximum atomic E-state index is 11.5. The van der Waals surface area contributed by atoms with E-state index in [1.165, 1.54) is 0 Å². The van der Waals surface area contributed by atoms with Crippen molar-refractivity contribution >= 4 is 5.97 Å². The molecule has 1 fully saturated rings. The predicted octanol–water partition coefficient (Wildman–Crippen LogP) is 1.99. The van der Waals surface area contributed by atoms with Gasteiger partial charge in [-0.2, -0.15) is 0 Å². The molecule has 0 radical (unpaired) electrons. The first kappa shape index (κ1) is 14.5. The van der Waals surface area contributed by atoms with Crippen LogP contribution >= 0.6 is 0 Å². The highest BCUT2D eigenvalue weighted by Crippen LogP contribution is 2.32. The van der Waals surface area contributed by atoms with Crippen molar-refractivity contribution in [3.63, 3.8) is 0 Å². The summed E-state index contributed by atoms with van der Waals surface area (Å²) in [5.74, 6) is -0.670. The van der Waals surface area contributed by atoms with Crippen LogP contribution in [0.25, 0.3) is 0 Å². The van der Waals surface area contributed by atoms with Gasteiger partial charge in [-0.25, -0.2) is 0 Å². The molecule has 0 aromatic carbocycles. The van der Waals surface area contributed by atoms with E-state index in [2.05, 4.69) is 18.7 Å². The average Bonchev–Trinajstić information content (AvgIpc) is 2.30. The third kappa shape index (κ3) is 3.68. The Morgan fingerprint density at radius 1 is 1.47 bits per heavy atom. The Hall–Kier alpha value is -0.610. The van der Waals surface area contributed by atoms with Gasteiger partial charge in [0.25, 0.3) is 0 Å². The lowest BCUT2D eigenvalue weighted by atomic mass is 9.79. The zero-order chi connectivity index (χ0) is 12.9. The molecule has 0 bridgehead atoms. The van der Waals surface area contributed by atoms with Gasteiger partial charge in [0.2, 0.25) is 0 Å². The van der Waals surface area contributed by atoms with Crippen molar-refractivity contribution in [2.75, 3.05) is 26.8 Å². The predicted molar refractivity (Wildman–Crippen MR) is 67.1 cm³/mol. The minimum Gasteiger partial charge on any atom is -0.481 e. The Balaban J connectivity index is 2.63. The molecule has 1 rings (SSSR count). The fourth-order valence-electron chi connectivity index (χ4n) is 2.47. The largest absolute Gasteiger partial charge is 0.481 e. The number of carbonyl (C=O) groups is 1. The second-order valence-corrected chi connectivity index (χ2v) is 5.25. The molecule has 1 N–H and O–H groups in total. The maximum Gasteiger partial charge on any atom is 0.311 e. The number of carboxylic acids is 1. The summed E-state index contributed by atoms with van der Waals surface area (Å²) in [7, 11) is 2.03. The van der Waals surface area contributed by atoms with Crippen molar-refractivity contribution in [3.8, 4) is 0 Å².